The highest BCUT2D eigenvalue weighted by Crippen LogP contribution is 2.24. The predicted molar refractivity (Wildman–Crippen MR) is 98.1 cm³/mol. The number of nitrogens with zero attached hydrogens (tertiary/aromatic N) is 3. The molecule has 2 heterocycles. The zero-order valence-electron chi connectivity index (χ0n) is 14.1. The Morgan fingerprint density at radius 1 is 1.12 bits per heavy atom. The lowest BCUT2D eigenvalue weighted by atomic mass is 10.2. The van der Waals surface area contributed by atoms with Crippen molar-refractivity contribution in [3.8, 4) is 17.4 Å². The predicted octanol–water partition coefficient (Wildman–Crippen LogP) is 2.48. The van der Waals surface area contributed by atoms with Crippen molar-refractivity contribution in [2.75, 3.05) is 5.32 Å². The molecule has 1 aromatic carbocycles. The van der Waals surface area contributed by atoms with Gasteiger partial charge in [-0.1, -0.05) is 11.6 Å². The molecule has 0 fully saturated rings. The second kappa shape index (κ2) is 6.94. The second-order valence-electron chi connectivity index (χ2n) is 5.67. The summed E-state index contributed by atoms with van der Waals surface area (Å²) in [5.74, 6) is 1.41. The zero-order chi connectivity index (χ0) is 18.8. The van der Waals surface area contributed by atoms with Crippen molar-refractivity contribution in [3.63, 3.8) is 0 Å². The molecule has 0 aliphatic rings. The number of furan rings is 1. The molecule has 1 N–H and O–H groups in total. The van der Waals surface area contributed by atoms with Gasteiger partial charge in [0.1, 0.15) is 23.4 Å². The van der Waals surface area contributed by atoms with Gasteiger partial charge in [0.25, 0.3) is 5.56 Å². The molecule has 7 nitrogen and oxygen atoms in total. The van der Waals surface area contributed by atoms with Crippen LogP contribution >= 0.6 is 11.6 Å². The lowest BCUT2D eigenvalue weighted by Crippen LogP contribution is -2.39. The van der Waals surface area contributed by atoms with E-state index in [0.717, 1.165) is 10.1 Å². The molecule has 0 saturated carbocycles. The molecule has 3 rings (SSSR count). The van der Waals surface area contributed by atoms with Crippen LogP contribution in [-0.4, -0.2) is 9.13 Å². The number of rotatable bonds is 4. The Hall–Kier alpha value is -3.24. The number of anilines is 1. The van der Waals surface area contributed by atoms with Crippen LogP contribution in [0.15, 0.2) is 50.4 Å². The average molecular weight is 371 g/mol. The molecule has 2 aromatic heterocycles. The van der Waals surface area contributed by atoms with E-state index in [9.17, 15) is 14.9 Å². The number of benzene rings is 1. The molecule has 0 aliphatic carbocycles. The minimum atomic E-state index is -0.639. The first-order valence-corrected chi connectivity index (χ1v) is 8.09. The first-order valence-electron chi connectivity index (χ1n) is 7.71. The Morgan fingerprint density at radius 3 is 2.46 bits per heavy atom. The van der Waals surface area contributed by atoms with E-state index in [1.807, 2.05) is 24.3 Å². The van der Waals surface area contributed by atoms with E-state index in [0.29, 0.717) is 16.5 Å². The zero-order valence-corrected chi connectivity index (χ0v) is 14.9. The van der Waals surface area contributed by atoms with Gasteiger partial charge in [0.05, 0.1) is 6.54 Å². The first-order chi connectivity index (χ1) is 12.4. The molecular formula is C18H15ClN4O3. The van der Waals surface area contributed by atoms with Crippen LogP contribution in [0.4, 0.5) is 5.82 Å². The van der Waals surface area contributed by atoms with Crippen LogP contribution in [0.1, 0.15) is 11.3 Å². The molecule has 0 saturated heterocycles. The smallest absolute Gasteiger partial charge is 0.332 e. The maximum atomic E-state index is 12.1. The van der Waals surface area contributed by atoms with Gasteiger partial charge in [-0.05, 0) is 36.4 Å². The number of nitriles is 1. The molecule has 26 heavy (non-hydrogen) atoms. The molecule has 0 atom stereocenters. The quantitative estimate of drug-likeness (QED) is 0.761. The van der Waals surface area contributed by atoms with Crippen molar-refractivity contribution in [1.29, 1.82) is 5.26 Å². The minimum Gasteiger partial charge on any atom is -0.459 e. The van der Waals surface area contributed by atoms with Crippen molar-refractivity contribution in [1.82, 2.24) is 9.13 Å². The van der Waals surface area contributed by atoms with E-state index in [1.165, 1.54) is 18.7 Å². The molecule has 0 bridgehead atoms. The fourth-order valence-electron chi connectivity index (χ4n) is 2.57. The Morgan fingerprint density at radius 2 is 1.81 bits per heavy atom. The summed E-state index contributed by atoms with van der Waals surface area (Å²) in [7, 11) is 2.83. The summed E-state index contributed by atoms with van der Waals surface area (Å²) in [5, 5.41) is 12.8. The molecule has 3 aromatic rings. The minimum absolute atomic E-state index is 0.126. The van der Waals surface area contributed by atoms with Crippen LogP contribution in [-0.2, 0) is 20.6 Å². The van der Waals surface area contributed by atoms with Crippen molar-refractivity contribution in [3.05, 3.63) is 73.6 Å². The molecule has 0 unspecified atom stereocenters. The SMILES string of the molecule is Cn1c(NCc2ccc(-c3ccc(Cl)cc3)o2)c(C#N)c(=O)n(C)c1=O. The summed E-state index contributed by atoms with van der Waals surface area (Å²) >= 11 is 5.88. The van der Waals surface area contributed by atoms with Crippen LogP contribution in [0.5, 0.6) is 0 Å². The number of hydrogen-bond acceptors (Lipinski definition) is 5. The van der Waals surface area contributed by atoms with E-state index in [4.69, 9.17) is 16.0 Å². The van der Waals surface area contributed by atoms with Crippen molar-refractivity contribution >= 4 is 17.4 Å². The summed E-state index contributed by atoms with van der Waals surface area (Å²) in [6.07, 6.45) is 0. The van der Waals surface area contributed by atoms with Crippen molar-refractivity contribution in [2.45, 2.75) is 6.54 Å². The fourth-order valence-corrected chi connectivity index (χ4v) is 2.69. The van der Waals surface area contributed by atoms with E-state index in [-0.39, 0.29) is 17.9 Å². The van der Waals surface area contributed by atoms with E-state index in [2.05, 4.69) is 5.32 Å². The molecule has 0 aliphatic heterocycles. The number of halogens is 1. The highest BCUT2D eigenvalue weighted by Gasteiger charge is 2.15. The third-order valence-corrected chi connectivity index (χ3v) is 4.25. The van der Waals surface area contributed by atoms with Crippen molar-refractivity contribution in [2.24, 2.45) is 14.1 Å². The standard InChI is InChI=1S/C18H15ClN4O3/c1-22-16(14(9-20)17(24)23(2)18(22)25)21-10-13-7-8-15(26-13)11-3-5-12(19)6-4-11/h3-8,21H,10H2,1-2H3. The van der Waals surface area contributed by atoms with E-state index < -0.39 is 11.2 Å². The Bertz CT molecular complexity index is 1120. The van der Waals surface area contributed by atoms with E-state index >= 15 is 0 Å². The summed E-state index contributed by atoms with van der Waals surface area (Å²) in [6, 6.07) is 12.7. The lowest BCUT2D eigenvalue weighted by molar-refractivity contribution is 0.530. The maximum absolute atomic E-state index is 12.1. The maximum Gasteiger partial charge on any atom is 0.332 e. The van der Waals surface area contributed by atoms with Gasteiger partial charge in [-0.15, -0.1) is 0 Å². The normalized spacial score (nSPS) is 10.5. The van der Waals surface area contributed by atoms with Gasteiger partial charge >= 0.3 is 5.69 Å². The number of aromatic nitrogens is 2. The Kier molecular flexibility index (Phi) is 4.69. The average Bonchev–Trinajstić information content (AvgIpc) is 3.11. The van der Waals surface area contributed by atoms with Crippen LogP contribution < -0.4 is 16.6 Å². The van der Waals surface area contributed by atoms with Gasteiger partial charge in [0, 0.05) is 24.7 Å². The third kappa shape index (κ3) is 3.15. The van der Waals surface area contributed by atoms with E-state index in [1.54, 1.807) is 18.2 Å². The summed E-state index contributed by atoms with van der Waals surface area (Å²) in [5.41, 5.74) is -0.407. The van der Waals surface area contributed by atoms with Gasteiger partial charge in [0.15, 0.2) is 5.56 Å². The second-order valence-corrected chi connectivity index (χ2v) is 6.10. The molecule has 0 amide bonds. The van der Waals surface area contributed by atoms with Gasteiger partial charge < -0.3 is 9.73 Å². The molecule has 0 radical (unpaired) electrons. The Balaban J connectivity index is 1.87. The Labute approximate surface area is 153 Å². The molecular weight excluding hydrogens is 356 g/mol. The van der Waals surface area contributed by atoms with Crippen LogP contribution in [0, 0.1) is 11.3 Å². The van der Waals surface area contributed by atoms with Gasteiger partial charge in [-0.25, -0.2) is 4.79 Å². The van der Waals surface area contributed by atoms with Crippen LogP contribution in [0.3, 0.4) is 0 Å². The number of nitrogens with one attached hydrogen (secondary N) is 1. The fraction of sp³-hybridized carbons (Fsp3) is 0.167. The highest BCUT2D eigenvalue weighted by molar-refractivity contribution is 6.30. The lowest BCUT2D eigenvalue weighted by Gasteiger charge is -2.12. The van der Waals surface area contributed by atoms with Gasteiger partial charge in [0.2, 0.25) is 0 Å². The monoisotopic (exact) mass is 370 g/mol. The summed E-state index contributed by atoms with van der Waals surface area (Å²) < 4.78 is 7.89. The van der Waals surface area contributed by atoms with Gasteiger partial charge in [-0.3, -0.25) is 13.9 Å². The third-order valence-electron chi connectivity index (χ3n) is 4.00. The molecule has 0 spiro atoms. The molecule has 132 valence electrons. The summed E-state index contributed by atoms with van der Waals surface area (Å²) in [6.45, 7) is 0.211. The van der Waals surface area contributed by atoms with Crippen molar-refractivity contribution < 1.29 is 4.42 Å². The van der Waals surface area contributed by atoms with Crippen LogP contribution in [0.25, 0.3) is 11.3 Å². The molecule has 8 heteroatoms. The largest absolute Gasteiger partial charge is 0.459 e. The van der Waals surface area contributed by atoms with Gasteiger partial charge in [-0.2, -0.15) is 5.26 Å². The number of hydrogen-bond donors (Lipinski definition) is 1. The van der Waals surface area contributed by atoms with Crippen LogP contribution in [0.2, 0.25) is 5.02 Å². The highest BCUT2D eigenvalue weighted by atomic mass is 35.5. The summed E-state index contributed by atoms with van der Waals surface area (Å²) in [4.78, 5) is 24.1. The topological polar surface area (TPSA) is 93.0 Å². The first kappa shape index (κ1) is 17.6.